The third kappa shape index (κ3) is 5.58. The minimum Gasteiger partial charge on any atom is -0.352 e. The van der Waals surface area contributed by atoms with Gasteiger partial charge in [-0.15, -0.1) is 11.6 Å². The van der Waals surface area contributed by atoms with Crippen LogP contribution < -0.4 is 11.1 Å². The standard InChI is InChI=1S/C12H22ClN3O2/c13-6-2-1-5-11(17)16-7-3-4-10(9-16)8-15-12(14)18/h10H,1-9H2,(H3,14,15,18). The molecule has 0 radical (unpaired) electrons. The fraction of sp³-hybridized carbons (Fsp3) is 0.833. The Morgan fingerprint density at radius 2 is 2.17 bits per heavy atom. The number of hydrogen-bond acceptors (Lipinski definition) is 2. The number of nitrogens with zero attached hydrogens (tertiary/aromatic N) is 1. The van der Waals surface area contributed by atoms with Crippen LogP contribution in [0.1, 0.15) is 32.1 Å². The second-order valence-electron chi connectivity index (χ2n) is 4.74. The lowest BCUT2D eigenvalue weighted by Gasteiger charge is -2.32. The van der Waals surface area contributed by atoms with E-state index in [0.717, 1.165) is 38.8 Å². The number of piperidine rings is 1. The second-order valence-corrected chi connectivity index (χ2v) is 5.12. The molecular weight excluding hydrogens is 254 g/mol. The molecule has 18 heavy (non-hydrogen) atoms. The Labute approximate surface area is 113 Å². The van der Waals surface area contributed by atoms with Gasteiger partial charge < -0.3 is 16.0 Å². The van der Waals surface area contributed by atoms with Crippen molar-refractivity contribution < 1.29 is 9.59 Å². The summed E-state index contributed by atoms with van der Waals surface area (Å²) in [7, 11) is 0. The van der Waals surface area contributed by atoms with Crippen molar-refractivity contribution in [2.24, 2.45) is 11.7 Å². The second kappa shape index (κ2) is 8.19. The monoisotopic (exact) mass is 275 g/mol. The molecule has 1 fully saturated rings. The summed E-state index contributed by atoms with van der Waals surface area (Å²) in [5, 5.41) is 2.61. The number of unbranched alkanes of at least 4 members (excludes halogenated alkanes) is 1. The number of carbonyl (C=O) groups excluding carboxylic acids is 2. The number of alkyl halides is 1. The third-order valence-electron chi connectivity index (χ3n) is 3.21. The van der Waals surface area contributed by atoms with Gasteiger partial charge in [0.15, 0.2) is 0 Å². The fourth-order valence-electron chi connectivity index (χ4n) is 2.23. The van der Waals surface area contributed by atoms with Crippen molar-refractivity contribution in [3.05, 3.63) is 0 Å². The van der Waals surface area contributed by atoms with E-state index in [1.54, 1.807) is 0 Å². The maximum atomic E-state index is 11.9. The first-order valence-electron chi connectivity index (χ1n) is 6.50. The van der Waals surface area contributed by atoms with Gasteiger partial charge in [0, 0.05) is 31.9 Å². The van der Waals surface area contributed by atoms with E-state index in [9.17, 15) is 9.59 Å². The van der Waals surface area contributed by atoms with Crippen LogP contribution >= 0.6 is 11.6 Å². The maximum Gasteiger partial charge on any atom is 0.312 e. The van der Waals surface area contributed by atoms with Crippen LogP contribution in [0.2, 0.25) is 0 Å². The summed E-state index contributed by atoms with van der Waals surface area (Å²) in [6.45, 7) is 2.10. The van der Waals surface area contributed by atoms with E-state index in [-0.39, 0.29) is 5.91 Å². The smallest absolute Gasteiger partial charge is 0.312 e. The zero-order valence-electron chi connectivity index (χ0n) is 10.7. The number of primary amides is 1. The number of urea groups is 1. The molecule has 1 heterocycles. The van der Waals surface area contributed by atoms with Crippen LogP contribution in [-0.4, -0.2) is 42.4 Å². The first-order valence-corrected chi connectivity index (χ1v) is 7.04. The Hall–Kier alpha value is -0.970. The van der Waals surface area contributed by atoms with Crippen molar-refractivity contribution in [3.8, 4) is 0 Å². The molecule has 1 aliphatic heterocycles. The van der Waals surface area contributed by atoms with Gasteiger partial charge >= 0.3 is 6.03 Å². The lowest BCUT2D eigenvalue weighted by Crippen LogP contribution is -2.44. The average molecular weight is 276 g/mol. The quantitative estimate of drug-likeness (QED) is 0.566. The Bertz CT molecular complexity index is 286. The molecule has 1 saturated heterocycles. The van der Waals surface area contributed by atoms with Gasteiger partial charge in [-0.25, -0.2) is 4.79 Å². The van der Waals surface area contributed by atoms with Crippen molar-refractivity contribution in [3.63, 3.8) is 0 Å². The largest absolute Gasteiger partial charge is 0.352 e. The summed E-state index contributed by atoms with van der Waals surface area (Å²) in [4.78, 5) is 24.5. The number of nitrogens with two attached hydrogens (primary N) is 1. The Morgan fingerprint density at radius 3 is 2.83 bits per heavy atom. The minimum absolute atomic E-state index is 0.198. The predicted octanol–water partition coefficient (Wildman–Crippen LogP) is 1.30. The summed E-state index contributed by atoms with van der Waals surface area (Å²) in [5.74, 6) is 1.13. The highest BCUT2D eigenvalue weighted by molar-refractivity contribution is 6.17. The van der Waals surface area contributed by atoms with Crippen molar-refractivity contribution in [2.45, 2.75) is 32.1 Å². The van der Waals surface area contributed by atoms with Crippen LogP contribution in [0.3, 0.4) is 0 Å². The SMILES string of the molecule is NC(=O)NCC1CCCN(C(=O)CCCCCl)C1. The zero-order chi connectivity index (χ0) is 13.4. The molecule has 0 aliphatic carbocycles. The van der Waals surface area contributed by atoms with Gasteiger partial charge in [-0.2, -0.15) is 0 Å². The summed E-state index contributed by atoms with van der Waals surface area (Å²) in [6.07, 6.45) is 4.33. The van der Waals surface area contributed by atoms with Gasteiger partial charge in [0.05, 0.1) is 0 Å². The molecule has 3 N–H and O–H groups in total. The third-order valence-corrected chi connectivity index (χ3v) is 3.48. The van der Waals surface area contributed by atoms with E-state index >= 15 is 0 Å². The van der Waals surface area contributed by atoms with E-state index in [4.69, 9.17) is 17.3 Å². The normalized spacial score (nSPS) is 19.6. The van der Waals surface area contributed by atoms with Crippen molar-refractivity contribution >= 4 is 23.5 Å². The van der Waals surface area contributed by atoms with Crippen LogP contribution in [0.25, 0.3) is 0 Å². The molecule has 5 nitrogen and oxygen atoms in total. The van der Waals surface area contributed by atoms with Crippen molar-refractivity contribution in [1.82, 2.24) is 10.2 Å². The highest BCUT2D eigenvalue weighted by Gasteiger charge is 2.23. The number of rotatable bonds is 6. The van der Waals surface area contributed by atoms with Crippen molar-refractivity contribution in [2.75, 3.05) is 25.5 Å². The average Bonchev–Trinajstić information content (AvgIpc) is 2.37. The molecule has 0 aromatic carbocycles. The lowest BCUT2D eigenvalue weighted by atomic mass is 9.97. The maximum absolute atomic E-state index is 11.9. The first kappa shape index (κ1) is 15.1. The Balaban J connectivity index is 2.28. The molecular formula is C12H22ClN3O2. The zero-order valence-corrected chi connectivity index (χ0v) is 11.4. The molecule has 0 saturated carbocycles. The van der Waals surface area contributed by atoms with Gasteiger partial charge in [0.1, 0.15) is 0 Å². The summed E-state index contributed by atoms with van der Waals surface area (Å²) < 4.78 is 0. The number of nitrogens with one attached hydrogen (secondary N) is 1. The Morgan fingerprint density at radius 1 is 1.39 bits per heavy atom. The van der Waals surface area contributed by atoms with Crippen LogP contribution in [0.5, 0.6) is 0 Å². The van der Waals surface area contributed by atoms with E-state index in [0.29, 0.717) is 24.8 Å². The number of likely N-dealkylation sites (tertiary alicyclic amines) is 1. The molecule has 0 aromatic rings. The minimum atomic E-state index is -0.499. The summed E-state index contributed by atoms with van der Waals surface area (Å²) in [5.41, 5.74) is 5.04. The van der Waals surface area contributed by atoms with E-state index in [2.05, 4.69) is 5.32 Å². The van der Waals surface area contributed by atoms with Gasteiger partial charge in [0.2, 0.25) is 5.91 Å². The van der Waals surface area contributed by atoms with Crippen LogP contribution in [0, 0.1) is 5.92 Å². The van der Waals surface area contributed by atoms with Crippen LogP contribution in [0.4, 0.5) is 4.79 Å². The van der Waals surface area contributed by atoms with Gasteiger partial charge in [0.25, 0.3) is 0 Å². The van der Waals surface area contributed by atoms with E-state index < -0.39 is 6.03 Å². The molecule has 1 unspecified atom stereocenters. The highest BCUT2D eigenvalue weighted by Crippen LogP contribution is 2.17. The topological polar surface area (TPSA) is 75.4 Å². The van der Waals surface area contributed by atoms with Gasteiger partial charge in [-0.05, 0) is 31.6 Å². The number of carbonyl (C=O) groups is 2. The van der Waals surface area contributed by atoms with Crippen LogP contribution in [0.15, 0.2) is 0 Å². The molecule has 104 valence electrons. The van der Waals surface area contributed by atoms with Crippen molar-refractivity contribution in [1.29, 1.82) is 0 Å². The molecule has 0 spiro atoms. The Kier molecular flexibility index (Phi) is 6.86. The number of hydrogen-bond donors (Lipinski definition) is 2. The number of amides is 3. The first-order chi connectivity index (χ1) is 8.63. The van der Waals surface area contributed by atoms with E-state index in [1.807, 2.05) is 4.90 Å². The van der Waals surface area contributed by atoms with Crippen LogP contribution in [-0.2, 0) is 4.79 Å². The number of halogens is 1. The molecule has 1 rings (SSSR count). The molecule has 1 aliphatic rings. The summed E-state index contributed by atoms with van der Waals surface area (Å²) in [6, 6.07) is -0.499. The fourth-order valence-corrected chi connectivity index (χ4v) is 2.42. The molecule has 6 heteroatoms. The van der Waals surface area contributed by atoms with Gasteiger partial charge in [-0.3, -0.25) is 4.79 Å². The highest BCUT2D eigenvalue weighted by atomic mass is 35.5. The summed E-state index contributed by atoms with van der Waals surface area (Å²) >= 11 is 5.59. The predicted molar refractivity (Wildman–Crippen MR) is 71.5 cm³/mol. The lowest BCUT2D eigenvalue weighted by molar-refractivity contribution is -0.133. The van der Waals surface area contributed by atoms with Gasteiger partial charge in [-0.1, -0.05) is 0 Å². The van der Waals surface area contributed by atoms with E-state index in [1.165, 1.54) is 0 Å². The molecule has 3 amide bonds. The molecule has 1 atom stereocenters. The molecule has 0 aromatic heterocycles. The molecule has 0 bridgehead atoms.